The maximum absolute atomic E-state index is 10.0. The van der Waals surface area contributed by atoms with E-state index in [2.05, 4.69) is 34.9 Å². The summed E-state index contributed by atoms with van der Waals surface area (Å²) in [4.78, 5) is 29.8. The van der Waals surface area contributed by atoms with Gasteiger partial charge in [-0.1, -0.05) is 260 Å². The SMILES string of the molecule is [2H]c1c(C)c([2H])c2c(c1[2H])c1c([2H])c(-n3c4c([2H])c([2H])c([2H])c([2H])c4c4c([2H])c([2H])c([2H])c([2H])c43)c([2H])c([2H])c1n2-c1ccc(-c2nc(-c3ccccc3)nc(-c3cccc(-c4ccccc4)c3)n2)cc1.[2H]c1c([2H])c([2H])c2c(c1[2H])c1c([2H])c(-n3c4c([2H])c([2H])c([2H])c([2H])c4c4c([2H])c([2H])c([2H])c([2H])c43)c([2H])c([2H])c1n2-c1cccc(-c2nc(-c3ccccc3)nc(-c3ccc4c(c3)c3ccccc3n4-c3ccccc3)n2)c1. The largest absolute Gasteiger partial charge is 0.309 e. The summed E-state index contributed by atoms with van der Waals surface area (Å²) in [5.41, 5.74) is 6.87. The second-order valence-electron chi connectivity index (χ2n) is 28.4. The van der Waals surface area contributed by atoms with Crippen molar-refractivity contribution in [3.63, 3.8) is 0 Å². The zero-order valence-corrected chi connectivity index (χ0v) is 62.9. The van der Waals surface area contributed by atoms with Crippen LogP contribution in [0, 0.1) is 6.92 Å². The molecule has 0 atom stereocenters. The van der Waals surface area contributed by atoms with Gasteiger partial charge in [0.25, 0.3) is 0 Å². The molecule has 11 nitrogen and oxygen atoms in total. The molecule has 0 aliphatic heterocycles. The topological polar surface area (TPSA) is 102 Å². The number of hydrogen-bond donors (Lipinski definition) is 0. The van der Waals surface area contributed by atoms with E-state index in [1.54, 1.807) is 48.5 Å². The summed E-state index contributed by atoms with van der Waals surface area (Å²) in [5, 5.41) is 0.213. The molecule has 0 fully saturated rings. The molecule has 0 spiro atoms. The van der Waals surface area contributed by atoms with Crippen molar-refractivity contribution < 1.29 is 39.8 Å². The normalized spacial score (nSPS) is 15.1. The highest BCUT2D eigenvalue weighted by atomic mass is 15.1. The van der Waals surface area contributed by atoms with E-state index < -0.39 is 168 Å². The van der Waals surface area contributed by atoms with Crippen LogP contribution in [0.25, 0.3) is 217 Å². The minimum absolute atomic E-state index is 0.0583. The van der Waals surface area contributed by atoms with Crippen molar-refractivity contribution in [2.45, 2.75) is 6.92 Å². The highest BCUT2D eigenvalue weighted by Gasteiger charge is 2.23. The van der Waals surface area contributed by atoms with Crippen molar-refractivity contribution in [2.75, 3.05) is 0 Å². The van der Waals surface area contributed by atoms with E-state index in [0.717, 1.165) is 58.9 Å². The Kier molecular flexibility index (Phi) is 10.9. The molecule has 562 valence electrons. The molecule has 0 unspecified atom stereocenters. The van der Waals surface area contributed by atoms with Crippen molar-refractivity contribution in [1.29, 1.82) is 0 Å². The van der Waals surface area contributed by atoms with Crippen LogP contribution in [0.5, 0.6) is 0 Å². The smallest absolute Gasteiger partial charge is 0.164 e. The zero-order valence-electron chi connectivity index (χ0n) is 91.9. The van der Waals surface area contributed by atoms with E-state index in [1.807, 2.05) is 158 Å². The Balaban J connectivity index is 0.000000164. The lowest BCUT2D eigenvalue weighted by atomic mass is 10.0. The number of nitrogens with zero attached hydrogens (tertiary/aromatic N) is 11. The molecular formula is C109H71N11. The average molecular weight is 1560 g/mol. The van der Waals surface area contributed by atoms with Gasteiger partial charge in [0.15, 0.2) is 34.9 Å². The van der Waals surface area contributed by atoms with Gasteiger partial charge in [-0.3, -0.25) is 0 Å². The molecule has 24 aromatic rings. The molecule has 7 heterocycles. The van der Waals surface area contributed by atoms with Crippen LogP contribution in [0.3, 0.4) is 0 Å². The highest BCUT2D eigenvalue weighted by molar-refractivity contribution is 6.15. The lowest BCUT2D eigenvalue weighted by molar-refractivity contribution is 1.07. The third kappa shape index (κ3) is 11.8. The number of aromatic nitrogens is 11. The number of benzene rings is 17. The lowest BCUT2D eigenvalue weighted by Crippen LogP contribution is -2.01. The zero-order chi connectivity index (χ0) is 105. The van der Waals surface area contributed by atoms with Gasteiger partial charge in [0, 0.05) is 116 Å². The van der Waals surface area contributed by atoms with Crippen molar-refractivity contribution >= 4 is 109 Å². The van der Waals surface area contributed by atoms with Crippen molar-refractivity contribution in [2.24, 2.45) is 0 Å². The van der Waals surface area contributed by atoms with Crippen LogP contribution in [0.1, 0.15) is 45.3 Å². The Morgan fingerprint density at radius 3 is 1.03 bits per heavy atom. The Bertz CT molecular complexity index is 9880. The van der Waals surface area contributed by atoms with Crippen LogP contribution in [0.15, 0.2) is 412 Å². The molecule has 17 aromatic carbocycles. The van der Waals surface area contributed by atoms with Gasteiger partial charge in [-0.05, 0) is 175 Å². The first-order chi connectivity index (χ1) is 71.5. The molecule has 11 heteroatoms. The van der Waals surface area contributed by atoms with E-state index >= 15 is 0 Å². The highest BCUT2D eigenvalue weighted by Crippen LogP contribution is 2.43. The Morgan fingerprint density at radius 2 is 0.517 bits per heavy atom. The first kappa shape index (κ1) is 45.7. The predicted molar refractivity (Wildman–Crippen MR) is 494 cm³/mol. The van der Waals surface area contributed by atoms with Gasteiger partial charge in [-0.15, -0.1) is 0 Å². The van der Waals surface area contributed by atoms with Gasteiger partial charge in [-0.25, -0.2) is 29.9 Å². The van der Waals surface area contributed by atoms with E-state index in [1.165, 1.54) is 16.1 Å². The van der Waals surface area contributed by atoms with Crippen LogP contribution in [-0.4, -0.2) is 52.7 Å². The molecule has 0 aliphatic carbocycles. The maximum Gasteiger partial charge on any atom is 0.164 e. The molecule has 0 saturated carbocycles. The van der Waals surface area contributed by atoms with Gasteiger partial charge in [0.05, 0.1) is 94.9 Å². The van der Waals surface area contributed by atoms with Gasteiger partial charge < -0.3 is 22.8 Å². The van der Waals surface area contributed by atoms with Crippen molar-refractivity contribution in [1.82, 2.24) is 52.7 Å². The maximum atomic E-state index is 10.0. The summed E-state index contributed by atoms with van der Waals surface area (Å²) in [6, 6.07) is 57.0. The monoisotopic (exact) mass is 1560 g/mol. The Hall–Kier alpha value is -16.2. The van der Waals surface area contributed by atoms with Gasteiger partial charge in [0.1, 0.15) is 0 Å². The molecule has 120 heavy (non-hydrogen) atoms. The summed E-state index contributed by atoms with van der Waals surface area (Å²) in [6.45, 7) is 1.52. The molecule has 0 saturated heterocycles. The van der Waals surface area contributed by atoms with Crippen LogP contribution in [0.4, 0.5) is 0 Å². The number of rotatable bonds is 12. The van der Waals surface area contributed by atoms with Crippen molar-refractivity contribution in [3.05, 3.63) is 417 Å². The first-order valence-corrected chi connectivity index (χ1v) is 38.2. The lowest BCUT2D eigenvalue weighted by Gasteiger charge is -2.12. The fourth-order valence-electron chi connectivity index (χ4n) is 15.9. The summed E-state index contributed by atoms with van der Waals surface area (Å²) in [7, 11) is 0. The van der Waals surface area contributed by atoms with Crippen LogP contribution in [0.2, 0.25) is 0 Å². The second-order valence-corrected chi connectivity index (χ2v) is 28.4. The molecular weight excluding hydrogens is 1460 g/mol. The van der Waals surface area contributed by atoms with Crippen LogP contribution >= 0.6 is 0 Å². The van der Waals surface area contributed by atoms with Gasteiger partial charge >= 0.3 is 0 Å². The number of para-hydroxylation sites is 7. The van der Waals surface area contributed by atoms with Crippen LogP contribution in [-0.2, 0) is 0 Å². The van der Waals surface area contributed by atoms with Gasteiger partial charge in [-0.2, -0.15) is 0 Å². The standard InChI is InChI=1S/C57H36N6.C52H35N5/c1-3-16-37(17-4-1)55-58-56(60-57(59-55)39-30-32-53-47(35-39)45-24-9-13-28-51(45)61(53)40-19-5-2-6-20-40)38-18-15-21-41(34-38)62-52-29-14-10-25-46(52)48-36-42(31-33-54(48)62)63-49-26-11-7-22-43(49)44-23-8-12-27-50(44)63;1-34-23-29-44-45-33-41(57-46-21-10-8-19-42(46)43-20-9-11-22-47(43)57)28-30-48(45)56(49(44)31-34)40-26-24-37(25-27-40)51-53-50(36-15-6-3-7-16-36)54-52(55-51)39-18-12-17-38(32-39)35-13-4-2-5-14-35/h1-36H;2-33H,1H3/i7D,8D,10D,11D,12D,14D,22D,23D,25D,26D,27D,29D,31D,33D,36D;8D,9D,10D,11D,19D,20D,21D,22D,23D,28D,29D,30D,31D,33D. The average Bonchev–Trinajstić information content (AvgIpc) is 1.52. The summed E-state index contributed by atoms with van der Waals surface area (Å²) >= 11 is 0. The third-order valence-corrected chi connectivity index (χ3v) is 21.3. The first-order valence-electron chi connectivity index (χ1n) is 52.7. The van der Waals surface area contributed by atoms with Gasteiger partial charge in [0.2, 0.25) is 0 Å². The Morgan fingerprint density at radius 1 is 0.183 bits per heavy atom. The van der Waals surface area contributed by atoms with Crippen molar-refractivity contribution in [3.8, 4) is 108 Å². The molecule has 24 rings (SSSR count). The quantitative estimate of drug-likeness (QED) is 0.121. The molecule has 0 amide bonds. The molecule has 0 aliphatic rings. The molecule has 0 N–H and O–H groups in total. The van der Waals surface area contributed by atoms with E-state index in [0.29, 0.717) is 57.1 Å². The minimum Gasteiger partial charge on any atom is -0.309 e. The molecule has 7 aromatic heterocycles. The number of hydrogen-bond acceptors (Lipinski definition) is 6. The third-order valence-electron chi connectivity index (χ3n) is 21.3. The summed E-state index contributed by atoms with van der Waals surface area (Å²) < 4.78 is 270. The number of fused-ring (bicyclic) bond motifs is 15. The summed E-state index contributed by atoms with van der Waals surface area (Å²) in [6.07, 6.45) is 0. The predicted octanol–water partition coefficient (Wildman–Crippen LogP) is 27.2. The van der Waals surface area contributed by atoms with Crippen LogP contribution < -0.4 is 0 Å². The van der Waals surface area contributed by atoms with E-state index in [-0.39, 0.29) is 122 Å². The molecule has 0 bridgehead atoms. The second kappa shape index (κ2) is 28.6. The minimum atomic E-state index is -0.725. The summed E-state index contributed by atoms with van der Waals surface area (Å²) in [5.74, 6) is 2.14. The fraction of sp³-hybridized carbons (Fsp3) is 0.00917. The Labute approximate surface area is 731 Å². The van der Waals surface area contributed by atoms with E-state index in [9.17, 15) is 13.7 Å². The fourth-order valence-corrected chi connectivity index (χ4v) is 15.9. The molecule has 0 radical (unpaired) electrons. The van der Waals surface area contributed by atoms with E-state index in [4.69, 9.17) is 55.9 Å².